The summed E-state index contributed by atoms with van der Waals surface area (Å²) in [6.45, 7) is 16.1. The molecule has 40 heavy (non-hydrogen) atoms. The summed E-state index contributed by atoms with van der Waals surface area (Å²) in [5, 5.41) is 0.669. The zero-order valence-corrected chi connectivity index (χ0v) is 26.1. The van der Waals surface area contributed by atoms with E-state index in [0.717, 1.165) is 37.8 Å². The van der Waals surface area contributed by atoms with Gasteiger partial charge in [0.15, 0.2) is 0 Å². The molecule has 8 heteroatoms. The number of amides is 2. The van der Waals surface area contributed by atoms with Gasteiger partial charge in [-0.05, 0) is 89.8 Å². The molecule has 5 nitrogen and oxygen atoms in total. The lowest BCUT2D eigenvalue weighted by Crippen LogP contribution is -2.56. The molecule has 2 aliphatic heterocycles. The van der Waals surface area contributed by atoms with Crippen molar-refractivity contribution in [2.24, 2.45) is 16.7 Å². The average molecular weight is 580 g/mol. The van der Waals surface area contributed by atoms with Gasteiger partial charge in [0, 0.05) is 48.7 Å². The summed E-state index contributed by atoms with van der Waals surface area (Å²) in [4.78, 5) is 33.9. The van der Waals surface area contributed by atoms with E-state index in [2.05, 4.69) is 39.5 Å². The third-order valence-electron chi connectivity index (χ3n) is 9.79. The van der Waals surface area contributed by atoms with Crippen LogP contribution >= 0.6 is 11.6 Å². The Hall–Kier alpha value is -1.73. The minimum Gasteiger partial charge on any atom is -0.340 e. The molecule has 4 rings (SSSR count). The second-order valence-electron chi connectivity index (χ2n) is 14.7. The number of nitrogens with zero attached hydrogens (tertiary/aromatic N) is 3. The average Bonchev–Trinajstić information content (AvgIpc) is 3.53. The molecule has 3 aliphatic rings. The second-order valence-corrected chi connectivity index (χ2v) is 15.1. The van der Waals surface area contributed by atoms with Gasteiger partial charge in [-0.2, -0.15) is 0 Å². The van der Waals surface area contributed by atoms with Gasteiger partial charge in [-0.1, -0.05) is 37.6 Å². The zero-order valence-electron chi connectivity index (χ0n) is 25.4. The SMILES string of the molecule is CC1(C)CCC(N(C(=O)C(C)(C)C(F)F)[C@H]2CCN(C(=O)[C@@H]3CN(C(C)(C)C)C[C@H]3c3ccc(Cl)cc3)C2)CC1. The minimum absolute atomic E-state index is 0.0409. The highest BCUT2D eigenvalue weighted by molar-refractivity contribution is 6.30. The van der Waals surface area contributed by atoms with Crippen LogP contribution in [-0.2, 0) is 9.59 Å². The van der Waals surface area contributed by atoms with Crippen molar-refractivity contribution in [3.05, 3.63) is 34.9 Å². The minimum atomic E-state index is -2.75. The number of benzene rings is 1. The van der Waals surface area contributed by atoms with Gasteiger partial charge in [0.1, 0.15) is 5.41 Å². The fourth-order valence-corrected chi connectivity index (χ4v) is 6.90. The van der Waals surface area contributed by atoms with Crippen molar-refractivity contribution >= 4 is 23.4 Å². The topological polar surface area (TPSA) is 43.9 Å². The van der Waals surface area contributed by atoms with Gasteiger partial charge in [-0.15, -0.1) is 0 Å². The summed E-state index contributed by atoms with van der Waals surface area (Å²) in [7, 11) is 0. The number of likely N-dealkylation sites (tertiary alicyclic amines) is 2. The summed E-state index contributed by atoms with van der Waals surface area (Å²) in [5.41, 5.74) is -0.542. The quantitative estimate of drug-likeness (QED) is 0.370. The largest absolute Gasteiger partial charge is 0.340 e. The molecule has 1 aromatic carbocycles. The summed E-state index contributed by atoms with van der Waals surface area (Å²) < 4.78 is 28.1. The first-order valence-corrected chi connectivity index (χ1v) is 15.3. The van der Waals surface area contributed by atoms with Crippen molar-refractivity contribution < 1.29 is 18.4 Å². The number of halogens is 3. The van der Waals surface area contributed by atoms with Crippen LogP contribution in [0.2, 0.25) is 5.02 Å². The summed E-state index contributed by atoms with van der Waals surface area (Å²) in [5.74, 6) is -0.555. The predicted molar refractivity (Wildman–Crippen MR) is 157 cm³/mol. The van der Waals surface area contributed by atoms with Crippen LogP contribution in [0, 0.1) is 16.7 Å². The maximum Gasteiger partial charge on any atom is 0.252 e. The van der Waals surface area contributed by atoms with E-state index in [1.165, 1.54) is 13.8 Å². The highest BCUT2D eigenvalue weighted by atomic mass is 35.5. The predicted octanol–water partition coefficient (Wildman–Crippen LogP) is 6.84. The maximum atomic E-state index is 14.1. The van der Waals surface area contributed by atoms with E-state index in [1.807, 2.05) is 29.2 Å². The smallest absolute Gasteiger partial charge is 0.252 e. The molecule has 0 aromatic heterocycles. The number of alkyl halides is 2. The first-order valence-electron chi connectivity index (χ1n) is 14.9. The Morgan fingerprint density at radius 3 is 2.10 bits per heavy atom. The molecule has 3 atom stereocenters. The van der Waals surface area contributed by atoms with Gasteiger partial charge in [-0.3, -0.25) is 14.5 Å². The molecular weight excluding hydrogens is 532 g/mol. The van der Waals surface area contributed by atoms with Crippen molar-refractivity contribution in [3.8, 4) is 0 Å². The molecule has 0 spiro atoms. The molecular formula is C32H48ClF2N3O2. The van der Waals surface area contributed by atoms with E-state index in [-0.39, 0.29) is 40.8 Å². The first kappa shape index (κ1) is 31.2. The van der Waals surface area contributed by atoms with Crippen LogP contribution in [-0.4, -0.2) is 76.7 Å². The summed E-state index contributed by atoms with van der Waals surface area (Å²) in [6.07, 6.45) is 1.41. The van der Waals surface area contributed by atoms with Crippen LogP contribution < -0.4 is 0 Å². The van der Waals surface area contributed by atoms with E-state index in [1.54, 1.807) is 4.90 Å². The highest BCUT2D eigenvalue weighted by Crippen LogP contribution is 2.42. The molecule has 0 radical (unpaired) electrons. The van der Waals surface area contributed by atoms with Crippen molar-refractivity contribution in [2.75, 3.05) is 26.2 Å². The van der Waals surface area contributed by atoms with Gasteiger partial charge < -0.3 is 9.80 Å². The van der Waals surface area contributed by atoms with Gasteiger partial charge >= 0.3 is 0 Å². The Labute approximate surface area is 244 Å². The van der Waals surface area contributed by atoms with Crippen molar-refractivity contribution in [3.63, 3.8) is 0 Å². The van der Waals surface area contributed by atoms with Gasteiger partial charge in [-0.25, -0.2) is 8.78 Å². The van der Waals surface area contributed by atoms with Gasteiger partial charge in [0.2, 0.25) is 11.8 Å². The Morgan fingerprint density at radius 2 is 1.55 bits per heavy atom. The van der Waals surface area contributed by atoms with E-state index in [0.29, 0.717) is 31.1 Å². The molecule has 1 saturated carbocycles. The van der Waals surface area contributed by atoms with Crippen LogP contribution in [0.5, 0.6) is 0 Å². The Balaban J connectivity index is 1.56. The molecule has 2 amide bonds. The van der Waals surface area contributed by atoms with E-state index in [4.69, 9.17) is 11.6 Å². The van der Waals surface area contributed by atoms with E-state index < -0.39 is 17.7 Å². The fraction of sp³-hybridized carbons (Fsp3) is 0.750. The Morgan fingerprint density at radius 1 is 0.950 bits per heavy atom. The van der Waals surface area contributed by atoms with Gasteiger partial charge in [0.25, 0.3) is 6.43 Å². The molecule has 3 fully saturated rings. The molecule has 1 aliphatic carbocycles. The molecule has 0 unspecified atom stereocenters. The third kappa shape index (κ3) is 6.51. The lowest BCUT2D eigenvalue weighted by atomic mass is 9.74. The summed E-state index contributed by atoms with van der Waals surface area (Å²) in [6, 6.07) is 7.49. The van der Waals surface area contributed by atoms with Crippen LogP contribution in [0.4, 0.5) is 8.78 Å². The maximum absolute atomic E-state index is 14.1. The van der Waals surface area contributed by atoms with Crippen molar-refractivity contribution in [1.29, 1.82) is 0 Å². The Kier molecular flexibility index (Phi) is 8.98. The fourth-order valence-electron chi connectivity index (χ4n) is 6.77. The molecule has 0 bridgehead atoms. The molecule has 1 aromatic rings. The van der Waals surface area contributed by atoms with E-state index in [9.17, 15) is 18.4 Å². The van der Waals surface area contributed by atoms with Crippen molar-refractivity contribution in [1.82, 2.24) is 14.7 Å². The zero-order chi connectivity index (χ0) is 29.6. The number of hydrogen-bond acceptors (Lipinski definition) is 3. The monoisotopic (exact) mass is 579 g/mol. The normalized spacial score (nSPS) is 26.5. The first-order chi connectivity index (χ1) is 18.5. The number of carbonyl (C=O) groups is 2. The number of hydrogen-bond donors (Lipinski definition) is 0. The Bertz CT molecular complexity index is 1060. The molecule has 2 heterocycles. The third-order valence-corrected chi connectivity index (χ3v) is 10.0. The van der Waals surface area contributed by atoms with E-state index >= 15 is 0 Å². The number of rotatable bonds is 6. The van der Waals surface area contributed by atoms with Crippen LogP contribution in [0.25, 0.3) is 0 Å². The lowest BCUT2D eigenvalue weighted by Gasteiger charge is -2.45. The number of carbonyl (C=O) groups excluding carboxylic acids is 2. The summed E-state index contributed by atoms with van der Waals surface area (Å²) >= 11 is 6.16. The van der Waals surface area contributed by atoms with Crippen LogP contribution in [0.1, 0.15) is 92.1 Å². The highest BCUT2D eigenvalue weighted by Gasteiger charge is 2.49. The lowest BCUT2D eigenvalue weighted by molar-refractivity contribution is -0.156. The van der Waals surface area contributed by atoms with Crippen LogP contribution in [0.15, 0.2) is 24.3 Å². The second kappa shape index (κ2) is 11.5. The molecule has 0 N–H and O–H groups in total. The molecule has 224 valence electrons. The van der Waals surface area contributed by atoms with Crippen molar-refractivity contribution in [2.45, 2.75) is 111 Å². The standard InChI is InChI=1S/C32H48ClF2N3O2/c1-30(2,3)37-19-25(21-8-10-22(33)11-9-21)26(20-37)27(39)36-17-14-24(18-36)38(29(40)32(6,7)28(34)35)23-12-15-31(4,5)16-13-23/h8-11,23-26,28H,12-20H2,1-7H3/t24-,25-,26+/m0/s1. The van der Waals surface area contributed by atoms with Crippen LogP contribution in [0.3, 0.4) is 0 Å². The molecule has 2 saturated heterocycles. The van der Waals surface area contributed by atoms with Gasteiger partial charge in [0.05, 0.1) is 12.0 Å².